The maximum atomic E-state index is 12.9. The molecule has 1 N–H and O–H groups in total. The van der Waals surface area contributed by atoms with Gasteiger partial charge in [0.1, 0.15) is 5.69 Å². The SMILES string of the molecule is O=C(NCC(=O)N1CCCC1)c1cn(Cc2ccccc2)nc1-c1ccc(Cl)cc1. The first-order valence-electron chi connectivity index (χ1n) is 10.0. The van der Waals surface area contributed by atoms with E-state index in [1.807, 2.05) is 42.5 Å². The number of amides is 2. The maximum absolute atomic E-state index is 12.9. The van der Waals surface area contributed by atoms with Crippen LogP contribution >= 0.6 is 11.6 Å². The van der Waals surface area contributed by atoms with Gasteiger partial charge in [-0.3, -0.25) is 14.3 Å². The van der Waals surface area contributed by atoms with Crippen molar-refractivity contribution in [1.82, 2.24) is 20.0 Å². The highest BCUT2D eigenvalue weighted by molar-refractivity contribution is 6.30. The summed E-state index contributed by atoms with van der Waals surface area (Å²) in [6, 6.07) is 17.1. The fraction of sp³-hybridized carbons (Fsp3) is 0.261. The first kappa shape index (κ1) is 20.2. The molecule has 1 aromatic heterocycles. The smallest absolute Gasteiger partial charge is 0.255 e. The predicted molar refractivity (Wildman–Crippen MR) is 116 cm³/mol. The summed E-state index contributed by atoms with van der Waals surface area (Å²) >= 11 is 6.01. The molecule has 0 radical (unpaired) electrons. The van der Waals surface area contributed by atoms with Crippen molar-refractivity contribution in [2.75, 3.05) is 19.6 Å². The molecule has 0 spiro atoms. The number of rotatable bonds is 6. The van der Waals surface area contributed by atoms with Crippen LogP contribution in [0.5, 0.6) is 0 Å². The third-order valence-electron chi connectivity index (χ3n) is 5.17. The average molecular weight is 423 g/mol. The lowest BCUT2D eigenvalue weighted by atomic mass is 10.1. The zero-order valence-electron chi connectivity index (χ0n) is 16.6. The van der Waals surface area contributed by atoms with E-state index in [4.69, 9.17) is 11.6 Å². The highest BCUT2D eigenvalue weighted by Crippen LogP contribution is 2.24. The van der Waals surface area contributed by atoms with E-state index in [0.717, 1.165) is 37.1 Å². The average Bonchev–Trinajstić information content (AvgIpc) is 3.44. The van der Waals surface area contributed by atoms with Crippen LogP contribution in [-0.2, 0) is 11.3 Å². The number of nitrogens with zero attached hydrogens (tertiary/aromatic N) is 3. The molecule has 154 valence electrons. The van der Waals surface area contributed by atoms with Gasteiger partial charge in [0, 0.05) is 29.9 Å². The third-order valence-corrected chi connectivity index (χ3v) is 5.42. The summed E-state index contributed by atoms with van der Waals surface area (Å²) in [6.45, 7) is 2.06. The van der Waals surface area contributed by atoms with Gasteiger partial charge in [-0.15, -0.1) is 0 Å². The molecule has 7 heteroatoms. The number of hydrogen-bond donors (Lipinski definition) is 1. The van der Waals surface area contributed by atoms with E-state index in [1.54, 1.807) is 27.9 Å². The minimum atomic E-state index is -0.313. The van der Waals surface area contributed by atoms with Gasteiger partial charge in [-0.2, -0.15) is 5.10 Å². The van der Waals surface area contributed by atoms with E-state index in [1.165, 1.54) is 0 Å². The Labute approximate surface area is 180 Å². The minimum absolute atomic E-state index is 0.0112. The first-order chi connectivity index (χ1) is 14.6. The van der Waals surface area contributed by atoms with E-state index in [-0.39, 0.29) is 18.4 Å². The fourth-order valence-electron chi connectivity index (χ4n) is 3.59. The molecule has 30 heavy (non-hydrogen) atoms. The number of hydrogen-bond acceptors (Lipinski definition) is 3. The monoisotopic (exact) mass is 422 g/mol. The number of nitrogens with one attached hydrogen (secondary N) is 1. The number of likely N-dealkylation sites (tertiary alicyclic amines) is 1. The summed E-state index contributed by atoms with van der Waals surface area (Å²) in [5.41, 5.74) is 2.87. The summed E-state index contributed by atoms with van der Waals surface area (Å²) in [4.78, 5) is 27.0. The van der Waals surface area contributed by atoms with Crippen molar-refractivity contribution >= 4 is 23.4 Å². The van der Waals surface area contributed by atoms with Crippen LogP contribution in [0, 0.1) is 0 Å². The Morgan fingerprint density at radius 3 is 2.40 bits per heavy atom. The molecule has 1 aliphatic heterocycles. The molecule has 0 unspecified atom stereocenters. The molecule has 2 aromatic carbocycles. The Hall–Kier alpha value is -3.12. The van der Waals surface area contributed by atoms with Gasteiger partial charge in [-0.1, -0.05) is 54.1 Å². The van der Waals surface area contributed by atoms with Crippen molar-refractivity contribution in [2.45, 2.75) is 19.4 Å². The third kappa shape index (κ3) is 4.71. The van der Waals surface area contributed by atoms with E-state index in [2.05, 4.69) is 10.4 Å². The highest BCUT2D eigenvalue weighted by Gasteiger charge is 2.21. The molecule has 1 aliphatic rings. The molecule has 0 bridgehead atoms. The van der Waals surface area contributed by atoms with E-state index < -0.39 is 0 Å². The van der Waals surface area contributed by atoms with Gasteiger partial charge in [0.15, 0.2) is 0 Å². The molecule has 1 fully saturated rings. The van der Waals surface area contributed by atoms with Crippen molar-refractivity contribution in [3.8, 4) is 11.3 Å². The molecule has 3 aromatic rings. The Balaban J connectivity index is 1.56. The van der Waals surface area contributed by atoms with Crippen LogP contribution in [0.25, 0.3) is 11.3 Å². The number of carbonyl (C=O) groups is 2. The molecule has 6 nitrogen and oxygen atoms in total. The molecular weight excluding hydrogens is 400 g/mol. The Kier molecular flexibility index (Phi) is 6.14. The first-order valence-corrected chi connectivity index (χ1v) is 10.4. The van der Waals surface area contributed by atoms with Crippen molar-refractivity contribution in [1.29, 1.82) is 0 Å². The lowest BCUT2D eigenvalue weighted by molar-refractivity contribution is -0.129. The van der Waals surface area contributed by atoms with Crippen LogP contribution in [0.3, 0.4) is 0 Å². The summed E-state index contributed by atoms with van der Waals surface area (Å²) in [6.07, 6.45) is 3.77. The fourth-order valence-corrected chi connectivity index (χ4v) is 3.72. The van der Waals surface area contributed by atoms with Gasteiger partial charge in [0.25, 0.3) is 5.91 Å². The largest absolute Gasteiger partial charge is 0.343 e. The van der Waals surface area contributed by atoms with Crippen LogP contribution in [0.4, 0.5) is 0 Å². The van der Waals surface area contributed by atoms with Gasteiger partial charge in [0.05, 0.1) is 18.7 Å². The molecule has 2 amide bonds. The molecule has 1 saturated heterocycles. The lowest BCUT2D eigenvalue weighted by Gasteiger charge is -2.15. The molecular formula is C23H23ClN4O2. The quantitative estimate of drug-likeness (QED) is 0.660. The van der Waals surface area contributed by atoms with Crippen LogP contribution < -0.4 is 5.32 Å². The van der Waals surface area contributed by atoms with Crippen LogP contribution in [0.1, 0.15) is 28.8 Å². The zero-order chi connectivity index (χ0) is 20.9. The van der Waals surface area contributed by atoms with Crippen LogP contribution in [-0.4, -0.2) is 46.1 Å². The number of aromatic nitrogens is 2. The predicted octanol–water partition coefficient (Wildman–Crippen LogP) is 3.60. The second kappa shape index (κ2) is 9.13. The number of carbonyl (C=O) groups excluding carboxylic acids is 2. The molecule has 0 atom stereocenters. The maximum Gasteiger partial charge on any atom is 0.255 e. The summed E-state index contributed by atoms with van der Waals surface area (Å²) in [5.74, 6) is -0.364. The van der Waals surface area contributed by atoms with Gasteiger partial charge >= 0.3 is 0 Å². The Morgan fingerprint density at radius 2 is 1.70 bits per heavy atom. The van der Waals surface area contributed by atoms with Gasteiger partial charge < -0.3 is 10.2 Å². The Morgan fingerprint density at radius 1 is 1.00 bits per heavy atom. The molecule has 0 saturated carbocycles. The van der Waals surface area contributed by atoms with Crippen molar-refractivity contribution in [3.63, 3.8) is 0 Å². The second-order valence-corrected chi connectivity index (χ2v) is 7.79. The lowest BCUT2D eigenvalue weighted by Crippen LogP contribution is -2.38. The molecule has 4 rings (SSSR count). The van der Waals surface area contributed by atoms with Gasteiger partial charge in [0.2, 0.25) is 5.91 Å². The van der Waals surface area contributed by atoms with Crippen molar-refractivity contribution in [3.05, 3.63) is 76.9 Å². The topological polar surface area (TPSA) is 67.2 Å². The van der Waals surface area contributed by atoms with Crippen LogP contribution in [0.2, 0.25) is 5.02 Å². The molecule has 0 aliphatic carbocycles. The van der Waals surface area contributed by atoms with E-state index >= 15 is 0 Å². The summed E-state index contributed by atoms with van der Waals surface area (Å²) < 4.78 is 1.75. The summed E-state index contributed by atoms with van der Waals surface area (Å²) in [5, 5.41) is 8.03. The summed E-state index contributed by atoms with van der Waals surface area (Å²) in [7, 11) is 0. The number of benzene rings is 2. The van der Waals surface area contributed by atoms with Crippen LogP contribution in [0.15, 0.2) is 60.8 Å². The standard InChI is InChI=1S/C23H23ClN4O2/c24-19-10-8-18(9-11-19)22-20(16-28(26-22)15-17-6-2-1-3-7-17)23(30)25-14-21(29)27-12-4-5-13-27/h1-3,6-11,16H,4-5,12-15H2,(H,25,30). The van der Waals surface area contributed by atoms with Crippen molar-refractivity contribution in [2.24, 2.45) is 0 Å². The van der Waals surface area contributed by atoms with E-state index in [9.17, 15) is 9.59 Å². The Bertz CT molecular complexity index is 1030. The molecule has 2 heterocycles. The normalized spacial score (nSPS) is 13.4. The van der Waals surface area contributed by atoms with Crippen molar-refractivity contribution < 1.29 is 9.59 Å². The van der Waals surface area contributed by atoms with E-state index in [0.29, 0.717) is 22.8 Å². The second-order valence-electron chi connectivity index (χ2n) is 7.35. The van der Waals surface area contributed by atoms with Gasteiger partial charge in [-0.25, -0.2) is 0 Å². The number of halogens is 1. The highest BCUT2D eigenvalue weighted by atomic mass is 35.5. The zero-order valence-corrected chi connectivity index (χ0v) is 17.3. The van der Waals surface area contributed by atoms with Gasteiger partial charge in [-0.05, 0) is 30.5 Å². The minimum Gasteiger partial charge on any atom is -0.343 e.